The van der Waals surface area contributed by atoms with Crippen LogP contribution in [0.25, 0.3) is 0 Å². The van der Waals surface area contributed by atoms with Gasteiger partial charge in [-0.15, -0.1) is 12.4 Å². The number of nitrogens with zero attached hydrogens (tertiary/aromatic N) is 1. The first-order chi connectivity index (χ1) is 10.7. The minimum absolute atomic E-state index is 0. The molecule has 1 atom stereocenters. The molecule has 1 unspecified atom stereocenters. The SMILES string of the molecule is CNC1CCCN(CC(=O)NCCOc2ccc(Cl)cc2)C1.Cl. The summed E-state index contributed by atoms with van der Waals surface area (Å²) in [4.78, 5) is 14.1. The Kier molecular flexibility index (Phi) is 9.33. The summed E-state index contributed by atoms with van der Waals surface area (Å²) in [6.45, 7) is 3.34. The van der Waals surface area contributed by atoms with Crippen LogP contribution in [0.5, 0.6) is 5.75 Å². The van der Waals surface area contributed by atoms with Gasteiger partial charge < -0.3 is 15.4 Å². The van der Waals surface area contributed by atoms with Gasteiger partial charge in [0.15, 0.2) is 0 Å². The zero-order valence-corrected chi connectivity index (χ0v) is 15.0. The van der Waals surface area contributed by atoms with Gasteiger partial charge in [-0.25, -0.2) is 0 Å². The third kappa shape index (κ3) is 7.40. The number of carbonyl (C=O) groups excluding carboxylic acids is 1. The van der Waals surface area contributed by atoms with Crippen molar-refractivity contribution in [1.29, 1.82) is 0 Å². The molecular formula is C16H25Cl2N3O2. The van der Waals surface area contributed by atoms with Crippen LogP contribution in [0.15, 0.2) is 24.3 Å². The molecule has 1 aromatic rings. The number of carbonyl (C=O) groups is 1. The fourth-order valence-electron chi connectivity index (χ4n) is 2.58. The van der Waals surface area contributed by atoms with E-state index in [4.69, 9.17) is 16.3 Å². The van der Waals surface area contributed by atoms with E-state index < -0.39 is 0 Å². The van der Waals surface area contributed by atoms with Crippen LogP contribution in [-0.4, -0.2) is 56.7 Å². The summed E-state index contributed by atoms with van der Waals surface area (Å²) in [6, 6.07) is 7.69. The van der Waals surface area contributed by atoms with E-state index in [1.54, 1.807) is 12.1 Å². The summed E-state index contributed by atoms with van der Waals surface area (Å²) in [5.74, 6) is 0.808. The highest BCUT2D eigenvalue weighted by molar-refractivity contribution is 6.30. The second-order valence-electron chi connectivity index (χ2n) is 5.52. The molecule has 0 saturated carbocycles. The molecule has 0 radical (unpaired) electrons. The van der Waals surface area contributed by atoms with Crippen molar-refractivity contribution >= 4 is 29.9 Å². The van der Waals surface area contributed by atoms with E-state index in [9.17, 15) is 4.79 Å². The molecule has 1 aliphatic rings. The maximum absolute atomic E-state index is 11.9. The Morgan fingerprint density at radius 3 is 2.83 bits per heavy atom. The maximum atomic E-state index is 11.9. The largest absolute Gasteiger partial charge is 0.492 e. The molecule has 2 N–H and O–H groups in total. The molecule has 130 valence electrons. The maximum Gasteiger partial charge on any atom is 0.234 e. The molecule has 1 aromatic carbocycles. The molecule has 5 nitrogen and oxygen atoms in total. The van der Waals surface area contributed by atoms with Crippen LogP contribution in [0.2, 0.25) is 5.02 Å². The highest BCUT2D eigenvalue weighted by Gasteiger charge is 2.19. The molecule has 23 heavy (non-hydrogen) atoms. The number of nitrogens with one attached hydrogen (secondary N) is 2. The third-order valence-electron chi connectivity index (χ3n) is 3.79. The lowest BCUT2D eigenvalue weighted by Crippen LogP contribution is -2.48. The molecule has 7 heteroatoms. The van der Waals surface area contributed by atoms with Crippen molar-refractivity contribution in [2.24, 2.45) is 0 Å². The van der Waals surface area contributed by atoms with Gasteiger partial charge in [0.05, 0.1) is 13.1 Å². The Balaban J connectivity index is 0.00000264. The number of likely N-dealkylation sites (tertiary alicyclic amines) is 1. The highest BCUT2D eigenvalue weighted by atomic mass is 35.5. The molecule has 0 bridgehead atoms. The van der Waals surface area contributed by atoms with E-state index in [2.05, 4.69) is 15.5 Å². The third-order valence-corrected chi connectivity index (χ3v) is 4.04. The van der Waals surface area contributed by atoms with Crippen LogP contribution in [0.1, 0.15) is 12.8 Å². The quantitative estimate of drug-likeness (QED) is 0.728. The number of ether oxygens (including phenoxy) is 1. The van der Waals surface area contributed by atoms with Gasteiger partial charge in [-0.3, -0.25) is 9.69 Å². The summed E-state index contributed by atoms with van der Waals surface area (Å²) in [5, 5.41) is 6.85. The minimum Gasteiger partial charge on any atom is -0.492 e. The van der Waals surface area contributed by atoms with Crippen molar-refractivity contribution in [2.45, 2.75) is 18.9 Å². The fraction of sp³-hybridized carbons (Fsp3) is 0.562. The second-order valence-corrected chi connectivity index (χ2v) is 5.95. The Labute approximate surface area is 149 Å². The zero-order chi connectivity index (χ0) is 15.8. The van der Waals surface area contributed by atoms with Gasteiger partial charge in [0, 0.05) is 17.6 Å². The van der Waals surface area contributed by atoms with Crippen molar-refractivity contribution in [3.8, 4) is 5.75 Å². The number of amides is 1. The van der Waals surface area contributed by atoms with Crippen molar-refractivity contribution in [3.63, 3.8) is 0 Å². The number of hydrogen-bond acceptors (Lipinski definition) is 4. The molecule has 0 aromatic heterocycles. The van der Waals surface area contributed by atoms with Gasteiger partial charge >= 0.3 is 0 Å². The first kappa shape index (κ1) is 20.0. The number of halogens is 2. The normalized spacial score (nSPS) is 18.1. The first-order valence-corrected chi connectivity index (χ1v) is 8.10. The molecule has 0 spiro atoms. The lowest BCUT2D eigenvalue weighted by atomic mass is 10.1. The number of benzene rings is 1. The zero-order valence-electron chi connectivity index (χ0n) is 13.4. The smallest absolute Gasteiger partial charge is 0.234 e. The predicted octanol–water partition coefficient (Wildman–Crippen LogP) is 1.94. The van der Waals surface area contributed by atoms with Crippen LogP contribution < -0.4 is 15.4 Å². The number of hydrogen-bond donors (Lipinski definition) is 2. The molecule has 2 rings (SSSR count). The standard InChI is InChI=1S/C16H24ClN3O2.ClH/c1-18-14-3-2-9-20(11-14)12-16(21)19-8-10-22-15-6-4-13(17)5-7-15;/h4-7,14,18H,2-3,8-12H2,1H3,(H,19,21);1H. The van der Waals surface area contributed by atoms with E-state index in [0.29, 0.717) is 30.8 Å². The number of rotatable bonds is 7. The van der Waals surface area contributed by atoms with E-state index in [-0.39, 0.29) is 18.3 Å². The Hall–Kier alpha value is -1.01. The molecule has 1 saturated heterocycles. The molecule has 1 aliphatic heterocycles. The van der Waals surface area contributed by atoms with Crippen molar-refractivity contribution in [2.75, 3.05) is 39.8 Å². The van der Waals surface area contributed by atoms with Crippen molar-refractivity contribution < 1.29 is 9.53 Å². The monoisotopic (exact) mass is 361 g/mol. The minimum atomic E-state index is 0. The Bertz CT molecular complexity index is 471. The van der Waals surface area contributed by atoms with Crippen LogP contribution in [0.3, 0.4) is 0 Å². The summed E-state index contributed by atoms with van der Waals surface area (Å²) < 4.78 is 5.54. The van der Waals surface area contributed by atoms with Gasteiger partial charge in [0.25, 0.3) is 0 Å². The fourth-order valence-corrected chi connectivity index (χ4v) is 2.71. The van der Waals surface area contributed by atoms with Crippen LogP contribution in [0, 0.1) is 0 Å². The van der Waals surface area contributed by atoms with Gasteiger partial charge in [-0.05, 0) is 50.7 Å². The molecule has 1 heterocycles. The van der Waals surface area contributed by atoms with Crippen molar-refractivity contribution in [1.82, 2.24) is 15.5 Å². The lowest BCUT2D eigenvalue weighted by Gasteiger charge is -2.31. The van der Waals surface area contributed by atoms with E-state index in [1.807, 2.05) is 19.2 Å². The van der Waals surface area contributed by atoms with Gasteiger partial charge in [0.1, 0.15) is 12.4 Å². The Morgan fingerprint density at radius 2 is 2.13 bits per heavy atom. The van der Waals surface area contributed by atoms with Gasteiger partial charge in [0.2, 0.25) is 5.91 Å². The molecule has 0 aliphatic carbocycles. The lowest BCUT2D eigenvalue weighted by molar-refractivity contribution is -0.122. The summed E-state index contributed by atoms with van der Waals surface area (Å²) in [7, 11) is 1.97. The predicted molar refractivity (Wildman–Crippen MR) is 95.7 cm³/mol. The summed E-state index contributed by atoms with van der Waals surface area (Å²) in [6.07, 6.45) is 2.32. The van der Waals surface area contributed by atoms with Crippen LogP contribution in [0.4, 0.5) is 0 Å². The van der Waals surface area contributed by atoms with Crippen LogP contribution in [-0.2, 0) is 4.79 Å². The Morgan fingerprint density at radius 1 is 1.39 bits per heavy atom. The van der Waals surface area contributed by atoms with Crippen molar-refractivity contribution in [3.05, 3.63) is 29.3 Å². The average molecular weight is 362 g/mol. The number of likely N-dealkylation sites (N-methyl/N-ethyl adjacent to an activating group) is 1. The van der Waals surface area contributed by atoms with E-state index >= 15 is 0 Å². The first-order valence-electron chi connectivity index (χ1n) is 7.72. The number of piperidine rings is 1. The average Bonchev–Trinajstić information content (AvgIpc) is 2.53. The topological polar surface area (TPSA) is 53.6 Å². The molecule has 1 amide bonds. The summed E-state index contributed by atoms with van der Waals surface area (Å²) in [5.41, 5.74) is 0. The van der Waals surface area contributed by atoms with E-state index in [1.165, 1.54) is 6.42 Å². The van der Waals surface area contributed by atoms with E-state index in [0.717, 1.165) is 25.3 Å². The molecular weight excluding hydrogens is 337 g/mol. The highest BCUT2D eigenvalue weighted by Crippen LogP contribution is 2.15. The van der Waals surface area contributed by atoms with Crippen LogP contribution >= 0.6 is 24.0 Å². The molecule has 1 fully saturated rings. The van der Waals surface area contributed by atoms with Gasteiger partial charge in [-0.1, -0.05) is 11.6 Å². The summed E-state index contributed by atoms with van der Waals surface area (Å²) >= 11 is 5.81. The second kappa shape index (κ2) is 10.7. The van der Waals surface area contributed by atoms with Gasteiger partial charge in [-0.2, -0.15) is 0 Å².